The number of phenolic OH excluding ortho intramolecular Hbond substituents is 1. The average Bonchev–Trinajstić information content (AvgIpc) is 2.95. The van der Waals surface area contributed by atoms with Gasteiger partial charge in [-0.15, -0.1) is 12.4 Å². The van der Waals surface area contributed by atoms with E-state index in [1.807, 2.05) is 65.8 Å². The molecule has 3 rings (SSSR count). The highest BCUT2D eigenvalue weighted by molar-refractivity contribution is 6.04. The molecule has 174 valence electrons. The van der Waals surface area contributed by atoms with E-state index in [2.05, 4.69) is 11.9 Å². The van der Waals surface area contributed by atoms with Crippen LogP contribution in [0, 0.1) is 5.41 Å². The minimum atomic E-state index is -0.295. The molecule has 2 N–H and O–H groups in total. The predicted molar refractivity (Wildman–Crippen MR) is 133 cm³/mol. The number of aromatic hydroxyl groups is 1. The number of fused-ring (bicyclic) bond motifs is 1. The monoisotopic (exact) mass is 457 g/mol. The Morgan fingerprint density at radius 1 is 1.09 bits per heavy atom. The number of ketones is 1. The summed E-state index contributed by atoms with van der Waals surface area (Å²) in [4.78, 5) is 19.7. The van der Waals surface area contributed by atoms with Crippen molar-refractivity contribution in [3.05, 3.63) is 57.9 Å². The molecule has 6 heteroatoms. The molecule has 1 aliphatic heterocycles. The molecule has 0 saturated heterocycles. The molecule has 2 aromatic rings. The lowest BCUT2D eigenvalue weighted by Gasteiger charge is -2.28. The zero-order chi connectivity index (χ0) is 23.1. The number of halogens is 1. The van der Waals surface area contributed by atoms with E-state index in [4.69, 9.17) is 5.41 Å². The fraction of sp³-hybridized carbons (Fsp3) is 0.500. The molecular weight excluding hydrogens is 422 g/mol. The second-order valence-corrected chi connectivity index (χ2v) is 10.6. The number of phenols is 1. The van der Waals surface area contributed by atoms with E-state index in [0.717, 1.165) is 35.2 Å². The topological polar surface area (TPSA) is 77.3 Å². The van der Waals surface area contributed by atoms with Crippen molar-refractivity contribution in [1.29, 1.82) is 5.41 Å². The van der Waals surface area contributed by atoms with Crippen LogP contribution in [0.25, 0.3) is 0 Å². The van der Waals surface area contributed by atoms with Crippen LogP contribution in [0.5, 0.6) is 5.75 Å². The Morgan fingerprint density at radius 2 is 1.66 bits per heavy atom. The first kappa shape index (κ1) is 25.9. The van der Waals surface area contributed by atoms with Gasteiger partial charge in [0.25, 0.3) is 0 Å². The number of pyridine rings is 1. The van der Waals surface area contributed by atoms with Gasteiger partial charge in [-0.05, 0) is 35.4 Å². The number of aromatic nitrogens is 1. The molecule has 0 amide bonds. The second kappa shape index (κ2) is 9.22. The number of aryl methyl sites for hydroxylation is 1. The van der Waals surface area contributed by atoms with Crippen LogP contribution in [0.15, 0.2) is 24.3 Å². The van der Waals surface area contributed by atoms with Crippen LogP contribution in [0.3, 0.4) is 0 Å². The fourth-order valence-corrected chi connectivity index (χ4v) is 4.03. The molecule has 1 aromatic carbocycles. The summed E-state index contributed by atoms with van der Waals surface area (Å²) in [6, 6.07) is 7.68. The first-order valence-electron chi connectivity index (χ1n) is 11.1. The Bertz CT molecular complexity index is 997. The minimum absolute atomic E-state index is 0. The fourth-order valence-electron chi connectivity index (χ4n) is 4.03. The van der Waals surface area contributed by atoms with Gasteiger partial charge in [0.2, 0.25) is 0 Å². The number of hydrogen-bond acceptors (Lipinski definition) is 4. The first-order chi connectivity index (χ1) is 14.3. The minimum Gasteiger partial charge on any atom is -0.507 e. The van der Waals surface area contributed by atoms with Crippen molar-refractivity contribution in [3.8, 4) is 5.75 Å². The highest BCUT2D eigenvalue weighted by Crippen LogP contribution is 2.40. The number of benzene rings is 1. The lowest BCUT2D eigenvalue weighted by Crippen LogP contribution is -2.31. The van der Waals surface area contributed by atoms with Crippen molar-refractivity contribution in [3.63, 3.8) is 0 Å². The number of rotatable bonds is 5. The predicted octanol–water partition coefficient (Wildman–Crippen LogP) is 5.78. The number of nitrogens with zero attached hydrogens (tertiary/aromatic N) is 2. The van der Waals surface area contributed by atoms with Crippen LogP contribution < -0.4 is 0 Å². The molecule has 0 unspecified atom stereocenters. The SMILES string of the molecule is CCCc1ccc2c(n1)C(=N)N(CC(=O)c1cc(C(C)(C)C)c(O)c(C(C)(C)C)c1)C2.Cl. The number of carbonyl (C=O) groups excluding carboxylic acids is 1. The van der Waals surface area contributed by atoms with Gasteiger partial charge in [-0.1, -0.05) is 61.0 Å². The van der Waals surface area contributed by atoms with Crippen LogP contribution in [0.4, 0.5) is 0 Å². The molecule has 0 radical (unpaired) electrons. The molecule has 0 spiro atoms. The molecule has 0 atom stereocenters. The van der Waals surface area contributed by atoms with E-state index < -0.39 is 0 Å². The molecular formula is C26H36ClN3O2. The van der Waals surface area contributed by atoms with Gasteiger partial charge in [0.05, 0.1) is 6.54 Å². The van der Waals surface area contributed by atoms with Crippen molar-refractivity contribution in [2.24, 2.45) is 0 Å². The maximum absolute atomic E-state index is 13.3. The maximum atomic E-state index is 13.3. The summed E-state index contributed by atoms with van der Waals surface area (Å²) in [6.45, 7) is 15.0. The molecule has 0 fully saturated rings. The Balaban J connectivity index is 0.00000363. The maximum Gasteiger partial charge on any atom is 0.182 e. The molecule has 1 aromatic heterocycles. The van der Waals surface area contributed by atoms with Gasteiger partial charge in [0.15, 0.2) is 5.78 Å². The molecule has 0 saturated carbocycles. The quantitative estimate of drug-likeness (QED) is 0.558. The Kier molecular flexibility index (Phi) is 7.45. The zero-order valence-electron chi connectivity index (χ0n) is 20.3. The van der Waals surface area contributed by atoms with E-state index in [0.29, 0.717) is 23.6 Å². The van der Waals surface area contributed by atoms with Crippen LogP contribution in [-0.2, 0) is 23.8 Å². The highest BCUT2D eigenvalue weighted by Gasteiger charge is 2.30. The lowest BCUT2D eigenvalue weighted by molar-refractivity contribution is 0.0962. The zero-order valence-corrected chi connectivity index (χ0v) is 21.1. The third-order valence-corrected chi connectivity index (χ3v) is 5.83. The number of carbonyl (C=O) groups is 1. The van der Waals surface area contributed by atoms with Crippen molar-refractivity contribution >= 4 is 24.0 Å². The number of hydrogen-bond donors (Lipinski definition) is 2. The van der Waals surface area contributed by atoms with Gasteiger partial charge in [0.1, 0.15) is 17.3 Å². The van der Waals surface area contributed by atoms with E-state index in [-0.39, 0.29) is 41.3 Å². The van der Waals surface area contributed by atoms with Crippen molar-refractivity contribution in [2.75, 3.05) is 6.54 Å². The van der Waals surface area contributed by atoms with Gasteiger partial charge < -0.3 is 10.0 Å². The van der Waals surface area contributed by atoms with Crippen LogP contribution in [0.1, 0.15) is 93.3 Å². The summed E-state index contributed by atoms with van der Waals surface area (Å²) < 4.78 is 0. The van der Waals surface area contributed by atoms with Crippen molar-refractivity contribution < 1.29 is 9.90 Å². The van der Waals surface area contributed by atoms with Gasteiger partial charge in [-0.3, -0.25) is 10.2 Å². The third kappa shape index (κ3) is 5.15. The normalized spacial score (nSPS) is 13.7. The number of nitrogens with one attached hydrogen (secondary N) is 1. The van der Waals surface area contributed by atoms with Crippen LogP contribution in [0.2, 0.25) is 0 Å². The van der Waals surface area contributed by atoms with Gasteiger partial charge in [0, 0.05) is 34.5 Å². The summed E-state index contributed by atoms with van der Waals surface area (Å²) in [5.74, 6) is 0.528. The summed E-state index contributed by atoms with van der Waals surface area (Å²) in [5, 5.41) is 19.5. The average molecular weight is 458 g/mol. The van der Waals surface area contributed by atoms with Crippen molar-refractivity contribution in [1.82, 2.24) is 9.88 Å². The van der Waals surface area contributed by atoms with E-state index in [9.17, 15) is 9.90 Å². The first-order valence-corrected chi connectivity index (χ1v) is 11.1. The molecule has 1 aliphatic rings. The third-order valence-electron chi connectivity index (χ3n) is 5.83. The summed E-state index contributed by atoms with van der Waals surface area (Å²) in [6.07, 6.45) is 1.90. The summed E-state index contributed by atoms with van der Waals surface area (Å²) in [7, 11) is 0. The molecule has 2 heterocycles. The second-order valence-electron chi connectivity index (χ2n) is 10.6. The van der Waals surface area contributed by atoms with E-state index in [1.165, 1.54) is 0 Å². The highest BCUT2D eigenvalue weighted by atomic mass is 35.5. The Hall–Kier alpha value is -2.40. The molecule has 0 aliphatic carbocycles. The molecule has 32 heavy (non-hydrogen) atoms. The molecule has 0 bridgehead atoms. The summed E-state index contributed by atoms with van der Waals surface area (Å²) >= 11 is 0. The van der Waals surface area contributed by atoms with Crippen molar-refractivity contribution in [2.45, 2.75) is 78.7 Å². The number of Topliss-reactive ketones (excluding diaryl/α,β-unsaturated/α-hetero) is 1. The van der Waals surface area contributed by atoms with Gasteiger partial charge >= 0.3 is 0 Å². The standard InChI is InChI=1S/C26H35N3O2.ClH/c1-8-9-18-11-10-16-14-29(24(27)22(16)28-18)15-21(30)17-12-19(25(2,3)4)23(31)20(13-17)26(5,6)7;/h10-13,27,31H,8-9,14-15H2,1-7H3;1H. The largest absolute Gasteiger partial charge is 0.507 e. The van der Waals surface area contributed by atoms with Gasteiger partial charge in [-0.25, -0.2) is 4.98 Å². The Labute approximate surface area is 198 Å². The van der Waals surface area contributed by atoms with Crippen LogP contribution >= 0.6 is 12.4 Å². The van der Waals surface area contributed by atoms with E-state index in [1.54, 1.807) is 4.90 Å². The number of amidine groups is 1. The van der Waals surface area contributed by atoms with Crippen LogP contribution in [-0.4, -0.2) is 33.2 Å². The summed E-state index contributed by atoms with van der Waals surface area (Å²) in [5.41, 5.74) is 4.21. The molecule has 5 nitrogen and oxygen atoms in total. The lowest BCUT2D eigenvalue weighted by atomic mass is 9.78. The Morgan fingerprint density at radius 3 is 2.16 bits per heavy atom. The van der Waals surface area contributed by atoms with E-state index >= 15 is 0 Å². The smallest absolute Gasteiger partial charge is 0.182 e. The van der Waals surface area contributed by atoms with Gasteiger partial charge in [-0.2, -0.15) is 0 Å².